The van der Waals surface area contributed by atoms with Crippen LogP contribution >= 0.6 is 0 Å². The monoisotopic (exact) mass is 451 g/mol. The molecular weight excluding hydrogens is 417 g/mol. The molecule has 0 radical (unpaired) electrons. The molecule has 0 aromatic heterocycles. The molecule has 0 saturated carbocycles. The molecule has 28 heavy (non-hydrogen) atoms. The van der Waals surface area contributed by atoms with E-state index in [9.17, 15) is 22.6 Å². The molecule has 11 heteroatoms. The van der Waals surface area contributed by atoms with Crippen LogP contribution in [0, 0.1) is 0 Å². The Kier molecular flexibility index (Phi) is 26.1. The van der Waals surface area contributed by atoms with E-state index in [0.29, 0.717) is 6.42 Å². The van der Waals surface area contributed by atoms with Crippen LogP contribution in [0.2, 0.25) is 0 Å². The van der Waals surface area contributed by atoms with Crippen LogP contribution < -0.4 is 57.1 Å². The van der Waals surface area contributed by atoms with Gasteiger partial charge in [-0.25, -0.2) is 8.42 Å². The Morgan fingerprint density at radius 1 is 0.964 bits per heavy atom. The normalized spacial score (nSPS) is 11.7. The van der Waals surface area contributed by atoms with Gasteiger partial charge in [-0.1, -0.05) is 64.7 Å². The number of carboxylic acid groups (broad SMARTS) is 2. The van der Waals surface area contributed by atoms with Gasteiger partial charge in [0.05, 0.1) is 6.61 Å². The summed E-state index contributed by atoms with van der Waals surface area (Å²) in [7, 11) is -4.48. The van der Waals surface area contributed by atoms with Crippen molar-refractivity contribution in [1.82, 2.24) is 0 Å². The van der Waals surface area contributed by atoms with Gasteiger partial charge in [-0.3, -0.25) is 13.8 Å². The van der Waals surface area contributed by atoms with E-state index in [1.165, 1.54) is 44.9 Å². The number of carboxylic acids is 2. The molecule has 0 aromatic rings. The summed E-state index contributed by atoms with van der Waals surface area (Å²) in [5, 5.41) is 16.3. The van der Waals surface area contributed by atoms with Gasteiger partial charge in [-0.2, -0.15) is 0 Å². The number of aliphatic carboxylic acids is 2. The first-order valence-electron chi connectivity index (χ1n) is 9.40. The molecule has 0 fully saturated rings. The minimum absolute atomic E-state index is 0. The van der Waals surface area contributed by atoms with Gasteiger partial charge >= 0.3 is 63.3 Å². The van der Waals surface area contributed by atoms with Crippen LogP contribution in [0.25, 0.3) is 0 Å². The second-order valence-corrected chi connectivity index (χ2v) is 7.34. The molecule has 0 amide bonds. The Morgan fingerprint density at radius 2 is 1.39 bits per heavy atom. The standard InChI is InChI=1S/C12H26O4S.C5H9NO4.K/c1-2-3-4-5-6-7-8-9-10-11-12-16-17(13,14)15;6-3(5(9)10)1-2-4(7)8;/h2-12H2,1H3,(H,13,14,15);3H,1-2,6H2,(H,7,8)(H,9,10);/q;;+1/p-1/t;3-;/m.0./s1. The smallest absolute Gasteiger partial charge is 0.726 e. The van der Waals surface area contributed by atoms with Crippen molar-refractivity contribution in [2.75, 3.05) is 6.61 Å². The first-order valence-corrected chi connectivity index (χ1v) is 10.7. The molecule has 0 aliphatic rings. The molecule has 0 aromatic carbocycles. The van der Waals surface area contributed by atoms with Crippen molar-refractivity contribution in [2.24, 2.45) is 5.73 Å². The summed E-state index contributed by atoms with van der Waals surface area (Å²) in [6.45, 7) is 2.24. The Hall–Kier alpha value is 0.406. The molecule has 0 spiro atoms. The molecule has 0 aliphatic carbocycles. The van der Waals surface area contributed by atoms with Crippen LogP contribution in [0.15, 0.2) is 0 Å². The van der Waals surface area contributed by atoms with Gasteiger partial charge in [0.25, 0.3) is 0 Å². The molecule has 0 aliphatic heterocycles. The summed E-state index contributed by atoms with van der Waals surface area (Å²) in [6.07, 6.45) is 11.5. The van der Waals surface area contributed by atoms with Crippen molar-refractivity contribution in [3.63, 3.8) is 0 Å². The van der Waals surface area contributed by atoms with Crippen LogP contribution in [-0.2, 0) is 24.2 Å². The molecule has 0 saturated heterocycles. The average molecular weight is 452 g/mol. The van der Waals surface area contributed by atoms with E-state index in [4.69, 9.17) is 15.9 Å². The number of hydrogen-bond donors (Lipinski definition) is 3. The van der Waals surface area contributed by atoms with E-state index >= 15 is 0 Å². The third-order valence-electron chi connectivity index (χ3n) is 3.71. The molecule has 1 atom stereocenters. The molecular formula is C17H34KNO8S. The van der Waals surface area contributed by atoms with E-state index in [-0.39, 0.29) is 70.8 Å². The molecule has 0 bridgehead atoms. The molecule has 0 heterocycles. The third-order valence-corrected chi connectivity index (χ3v) is 4.17. The van der Waals surface area contributed by atoms with Crippen LogP contribution in [-0.4, -0.2) is 47.8 Å². The molecule has 0 unspecified atom stereocenters. The topological polar surface area (TPSA) is 167 Å². The van der Waals surface area contributed by atoms with Crippen molar-refractivity contribution in [3.8, 4) is 0 Å². The first-order chi connectivity index (χ1) is 12.6. The summed E-state index contributed by atoms with van der Waals surface area (Å²) in [5.41, 5.74) is 5.00. The van der Waals surface area contributed by atoms with Crippen molar-refractivity contribution < 1.29 is 88.3 Å². The molecule has 0 rings (SSSR count). The summed E-state index contributed by atoms with van der Waals surface area (Å²) in [5.74, 6) is -2.20. The fourth-order valence-electron chi connectivity index (χ4n) is 2.15. The number of nitrogens with two attached hydrogens (primary N) is 1. The maximum atomic E-state index is 10.1. The van der Waals surface area contributed by atoms with Crippen LogP contribution in [0.3, 0.4) is 0 Å². The molecule has 4 N–H and O–H groups in total. The minimum Gasteiger partial charge on any atom is -0.726 e. The Bertz CT molecular complexity index is 488. The largest absolute Gasteiger partial charge is 1.00 e. The summed E-state index contributed by atoms with van der Waals surface area (Å²) in [4.78, 5) is 19.9. The van der Waals surface area contributed by atoms with Gasteiger partial charge in [-0.05, 0) is 12.8 Å². The SMILES string of the molecule is CCCCCCCCCCCCOS(=O)(=O)[O-].N[C@@H](CCC(=O)O)C(=O)O.[K+]. The van der Waals surface area contributed by atoms with Crippen LogP contribution in [0.5, 0.6) is 0 Å². The quantitative estimate of drug-likeness (QED) is 0.123. The second kappa shape index (κ2) is 22.1. The number of rotatable bonds is 16. The van der Waals surface area contributed by atoms with E-state index in [1.807, 2.05) is 0 Å². The van der Waals surface area contributed by atoms with Crippen molar-refractivity contribution in [3.05, 3.63) is 0 Å². The summed E-state index contributed by atoms with van der Waals surface area (Å²) < 4.78 is 34.5. The maximum absolute atomic E-state index is 10.1. The fraction of sp³-hybridized carbons (Fsp3) is 0.882. The fourth-order valence-corrected chi connectivity index (χ4v) is 2.47. The zero-order chi connectivity index (χ0) is 21.1. The Balaban J connectivity index is -0.000000489. The first kappa shape index (κ1) is 33.1. The van der Waals surface area contributed by atoms with Gasteiger partial charge in [-0.15, -0.1) is 0 Å². The van der Waals surface area contributed by atoms with E-state index < -0.39 is 28.4 Å². The number of carbonyl (C=O) groups is 2. The zero-order valence-electron chi connectivity index (χ0n) is 17.1. The minimum atomic E-state index is -4.48. The molecule has 9 nitrogen and oxygen atoms in total. The van der Waals surface area contributed by atoms with Crippen molar-refractivity contribution >= 4 is 22.3 Å². The maximum Gasteiger partial charge on any atom is 1.00 e. The van der Waals surface area contributed by atoms with Gasteiger partial charge in [0.15, 0.2) is 0 Å². The van der Waals surface area contributed by atoms with Gasteiger partial charge in [0.2, 0.25) is 10.4 Å². The summed E-state index contributed by atoms with van der Waals surface area (Å²) >= 11 is 0. The van der Waals surface area contributed by atoms with Gasteiger partial charge in [0.1, 0.15) is 6.04 Å². The van der Waals surface area contributed by atoms with E-state index in [2.05, 4.69) is 11.1 Å². The molecule has 162 valence electrons. The summed E-state index contributed by atoms with van der Waals surface area (Å²) in [6, 6.07) is -1.06. The number of hydrogen-bond acceptors (Lipinski definition) is 7. The van der Waals surface area contributed by atoms with Gasteiger partial charge < -0.3 is 20.5 Å². The third kappa shape index (κ3) is 31.1. The predicted molar refractivity (Wildman–Crippen MR) is 100.0 cm³/mol. The number of unbranched alkanes of at least 4 members (excludes halogenated alkanes) is 9. The predicted octanol–water partition coefficient (Wildman–Crippen LogP) is -0.349. The Morgan fingerprint density at radius 3 is 1.75 bits per heavy atom. The zero-order valence-corrected chi connectivity index (χ0v) is 21.0. The average Bonchev–Trinajstić information content (AvgIpc) is 2.57. The second-order valence-electron chi connectivity index (χ2n) is 6.29. The van der Waals surface area contributed by atoms with Gasteiger partial charge in [0, 0.05) is 6.42 Å². The van der Waals surface area contributed by atoms with Crippen molar-refractivity contribution in [2.45, 2.75) is 90.0 Å². The van der Waals surface area contributed by atoms with E-state index in [1.54, 1.807) is 0 Å². The Labute approximate surface area is 211 Å². The van der Waals surface area contributed by atoms with Crippen LogP contribution in [0.4, 0.5) is 0 Å². The van der Waals surface area contributed by atoms with Crippen molar-refractivity contribution in [1.29, 1.82) is 0 Å². The van der Waals surface area contributed by atoms with Crippen LogP contribution in [0.1, 0.15) is 84.0 Å². The van der Waals surface area contributed by atoms with E-state index in [0.717, 1.165) is 12.8 Å².